The van der Waals surface area contributed by atoms with Crippen LogP contribution in [0.5, 0.6) is 0 Å². The maximum absolute atomic E-state index is 9.48. The van der Waals surface area contributed by atoms with Gasteiger partial charge in [0, 0.05) is 6.92 Å². The van der Waals surface area contributed by atoms with Crippen molar-refractivity contribution in [3.8, 4) is 0 Å². The third-order valence-corrected chi connectivity index (χ3v) is 0.287. The Morgan fingerprint density at radius 2 is 1.57 bits per heavy atom. The number of Topliss-reactive ketones (excluding diaryl/α,β-unsaturated/α-hetero) is 1. The van der Waals surface area contributed by atoms with Crippen LogP contribution in [0.4, 0.5) is 0 Å². The Morgan fingerprint density at radius 3 is 1.57 bits per heavy atom. The van der Waals surface area contributed by atoms with Crippen LogP contribution < -0.4 is 56.5 Å². The average molecular weight is 126 g/mol. The van der Waals surface area contributed by atoms with Crippen molar-refractivity contribution < 1.29 is 66.1 Å². The fraction of sp³-hybridized carbons (Fsp3) is 0.333. The summed E-state index contributed by atoms with van der Waals surface area (Å²) in [6.07, 6.45) is 0. The number of carbonyl (C=O) groups is 2. The van der Waals surface area contributed by atoms with Gasteiger partial charge in [0.25, 0.3) is 0 Å². The van der Waals surface area contributed by atoms with E-state index in [0.717, 1.165) is 6.92 Å². The number of aliphatic carboxylic acids is 1. The summed E-state index contributed by atoms with van der Waals surface area (Å²) < 4.78 is 0. The summed E-state index contributed by atoms with van der Waals surface area (Å²) in [5, 5.41) is 9.24. The van der Waals surface area contributed by atoms with Gasteiger partial charge in [0.15, 0.2) is 5.78 Å². The van der Waals surface area contributed by atoms with E-state index >= 15 is 0 Å². The molecule has 0 aromatic rings. The number of rotatable bonds is 1. The predicted molar refractivity (Wildman–Crippen MR) is 15.7 cm³/mol. The smallest absolute Gasteiger partial charge is 0.542 e. The molecule has 0 fully saturated rings. The van der Waals surface area contributed by atoms with Crippen LogP contribution in [-0.4, -0.2) is 11.8 Å². The molecule has 34 valence electrons. The van der Waals surface area contributed by atoms with Crippen LogP contribution in [0.1, 0.15) is 6.92 Å². The molecule has 0 amide bonds. The van der Waals surface area contributed by atoms with E-state index in [1.165, 1.54) is 0 Å². The van der Waals surface area contributed by atoms with Gasteiger partial charge in [-0.1, -0.05) is 0 Å². The van der Waals surface area contributed by atoms with Crippen molar-refractivity contribution in [3.05, 3.63) is 0 Å². The van der Waals surface area contributed by atoms with Crippen LogP contribution in [-0.2, 0) is 9.59 Å². The quantitative estimate of drug-likeness (QED) is 0.262. The molecule has 0 spiro atoms. The largest absolute Gasteiger partial charge is 1.00 e. The molecule has 0 atom stereocenters. The second-order valence-electron chi connectivity index (χ2n) is 0.844. The van der Waals surface area contributed by atoms with Crippen LogP contribution in [0.3, 0.4) is 0 Å². The molecule has 0 unspecified atom stereocenters. The zero-order chi connectivity index (χ0) is 5.15. The Hall–Kier alpha value is 0.776. The molecule has 0 saturated heterocycles. The molecule has 0 radical (unpaired) electrons. The van der Waals surface area contributed by atoms with Crippen molar-refractivity contribution in [1.29, 1.82) is 0 Å². The first-order chi connectivity index (χ1) is 2.64. The van der Waals surface area contributed by atoms with Crippen molar-refractivity contribution in [3.63, 3.8) is 0 Å². The third kappa shape index (κ3) is 6.78. The Morgan fingerprint density at radius 1 is 1.43 bits per heavy atom. The fourth-order valence-electron chi connectivity index (χ4n) is 0. The number of carbonyl (C=O) groups excluding carboxylic acids is 2. The van der Waals surface area contributed by atoms with Gasteiger partial charge < -0.3 is 9.90 Å². The van der Waals surface area contributed by atoms with Crippen LogP contribution >= 0.6 is 0 Å². The molecular formula is C3H3KO3. The molecule has 0 aliphatic rings. The first-order valence-electron chi connectivity index (χ1n) is 1.36. The van der Waals surface area contributed by atoms with Crippen LogP contribution in [0.2, 0.25) is 0 Å². The van der Waals surface area contributed by atoms with Gasteiger partial charge in [-0.05, 0) is 0 Å². The molecule has 4 heteroatoms. The summed E-state index contributed by atoms with van der Waals surface area (Å²) in [6.45, 7) is 0.940. The van der Waals surface area contributed by atoms with Gasteiger partial charge in [0.05, 0.1) is 0 Å². The van der Waals surface area contributed by atoms with E-state index in [1.807, 2.05) is 0 Å². The minimum Gasteiger partial charge on any atom is -0.542 e. The molecule has 7 heavy (non-hydrogen) atoms. The minimum absolute atomic E-state index is 0. The van der Waals surface area contributed by atoms with Crippen molar-refractivity contribution in [2.24, 2.45) is 0 Å². The fourth-order valence-corrected chi connectivity index (χ4v) is 0. The van der Waals surface area contributed by atoms with Crippen LogP contribution in [0.15, 0.2) is 0 Å². The van der Waals surface area contributed by atoms with E-state index < -0.39 is 11.8 Å². The molecule has 3 nitrogen and oxygen atoms in total. The molecule has 0 bridgehead atoms. The molecule has 0 saturated carbocycles. The van der Waals surface area contributed by atoms with Gasteiger partial charge in [0.1, 0.15) is 5.97 Å². The number of hydrogen-bond acceptors (Lipinski definition) is 3. The Labute approximate surface area is 83.5 Å². The zero-order valence-electron chi connectivity index (χ0n) is 4.22. The standard InChI is InChI=1S/C3H4O3.K/c1-2(4)3(5)6;/h1H3,(H,5,6);/q;+1/p-1. The van der Waals surface area contributed by atoms with E-state index in [1.54, 1.807) is 0 Å². The van der Waals surface area contributed by atoms with Gasteiger partial charge in [-0.3, -0.25) is 4.79 Å². The second-order valence-corrected chi connectivity index (χ2v) is 0.844. The minimum atomic E-state index is -1.63. The van der Waals surface area contributed by atoms with Gasteiger partial charge in [0.2, 0.25) is 0 Å². The summed E-state index contributed by atoms with van der Waals surface area (Å²) in [5.41, 5.74) is 0. The number of hydrogen-bond donors (Lipinski definition) is 0. The topological polar surface area (TPSA) is 57.2 Å². The third-order valence-electron chi connectivity index (χ3n) is 0.287. The molecule has 0 rings (SSSR count). The SMILES string of the molecule is CC(=O)C(=O)[O-].[K+]. The van der Waals surface area contributed by atoms with E-state index in [2.05, 4.69) is 0 Å². The van der Waals surface area contributed by atoms with Crippen molar-refractivity contribution >= 4 is 11.8 Å². The van der Waals surface area contributed by atoms with Gasteiger partial charge in [-0.15, -0.1) is 0 Å². The molecule has 0 aliphatic carbocycles. The van der Waals surface area contributed by atoms with Crippen molar-refractivity contribution in [2.45, 2.75) is 6.92 Å². The van der Waals surface area contributed by atoms with Gasteiger partial charge in [-0.25, -0.2) is 0 Å². The van der Waals surface area contributed by atoms with Crippen LogP contribution in [0, 0.1) is 0 Å². The Bertz CT molecular complexity index is 76.2. The Kier molecular flexibility index (Phi) is 7.53. The van der Waals surface area contributed by atoms with Crippen molar-refractivity contribution in [2.75, 3.05) is 0 Å². The maximum atomic E-state index is 9.48. The Balaban J connectivity index is 0. The molecule has 0 aliphatic heterocycles. The maximum Gasteiger partial charge on any atom is 1.00 e. The molecule has 0 N–H and O–H groups in total. The van der Waals surface area contributed by atoms with Crippen LogP contribution in [0.25, 0.3) is 0 Å². The number of carboxylic acids is 1. The second kappa shape index (κ2) is 4.92. The summed E-state index contributed by atoms with van der Waals surface area (Å²) in [6, 6.07) is 0. The first-order valence-corrected chi connectivity index (χ1v) is 1.36. The summed E-state index contributed by atoms with van der Waals surface area (Å²) >= 11 is 0. The summed E-state index contributed by atoms with van der Waals surface area (Å²) in [7, 11) is 0. The van der Waals surface area contributed by atoms with Gasteiger partial charge >= 0.3 is 51.4 Å². The van der Waals surface area contributed by atoms with Gasteiger partial charge in [-0.2, -0.15) is 0 Å². The molecule has 0 aromatic carbocycles. The van der Waals surface area contributed by atoms with E-state index in [-0.39, 0.29) is 51.4 Å². The summed E-state index contributed by atoms with van der Waals surface area (Å²) in [5.74, 6) is -2.56. The molecule has 0 heterocycles. The zero-order valence-corrected chi connectivity index (χ0v) is 7.35. The summed E-state index contributed by atoms with van der Waals surface area (Å²) in [4.78, 5) is 18.7. The number of ketones is 1. The van der Waals surface area contributed by atoms with E-state index in [4.69, 9.17) is 0 Å². The first kappa shape index (κ1) is 10.7. The van der Waals surface area contributed by atoms with Crippen molar-refractivity contribution in [1.82, 2.24) is 0 Å². The normalized spacial score (nSPS) is 6.43. The number of carboxylic acid groups (broad SMARTS) is 1. The van der Waals surface area contributed by atoms with E-state index in [0.29, 0.717) is 0 Å². The average Bonchev–Trinajstić information content (AvgIpc) is 1.36. The predicted octanol–water partition coefficient (Wildman–Crippen LogP) is -4.67. The molecule has 0 aromatic heterocycles. The molecular weight excluding hydrogens is 123 g/mol. The van der Waals surface area contributed by atoms with E-state index in [9.17, 15) is 14.7 Å². The monoisotopic (exact) mass is 126 g/mol.